The van der Waals surface area contributed by atoms with Crippen molar-refractivity contribution in [1.82, 2.24) is 4.57 Å². The number of nitriles is 1. The second-order valence-electron chi connectivity index (χ2n) is 5.27. The molecule has 0 spiro atoms. The molecule has 0 fully saturated rings. The van der Waals surface area contributed by atoms with Crippen molar-refractivity contribution in [3.63, 3.8) is 0 Å². The maximum absolute atomic E-state index is 12.7. The predicted octanol–water partition coefficient (Wildman–Crippen LogP) is 3.79. The van der Waals surface area contributed by atoms with Gasteiger partial charge in [0, 0.05) is 23.5 Å². The monoisotopic (exact) mass is 306 g/mol. The molecule has 0 unspecified atom stereocenters. The van der Waals surface area contributed by atoms with E-state index in [2.05, 4.69) is 6.58 Å². The summed E-state index contributed by atoms with van der Waals surface area (Å²) in [6.45, 7) is 8.12. The summed E-state index contributed by atoms with van der Waals surface area (Å²) in [6, 6.07) is 10.1. The van der Waals surface area contributed by atoms with Crippen LogP contribution in [0.5, 0.6) is 5.75 Å². The quantitative estimate of drug-likeness (QED) is 0.395. The van der Waals surface area contributed by atoms with Gasteiger partial charge >= 0.3 is 0 Å². The molecule has 0 amide bonds. The third-order valence-corrected chi connectivity index (χ3v) is 3.70. The highest BCUT2D eigenvalue weighted by atomic mass is 16.3. The standard InChI is InChI=1S/C19H18N2O2/c1-4-9-21-13(2)10-18(14(21)3)19(23)16(12-20)11-15-5-7-17(22)8-6-15/h4-8,10-11,22H,1,9H2,2-3H3/b16-11-. The number of phenols is 1. The van der Waals surface area contributed by atoms with Crippen molar-refractivity contribution in [2.75, 3.05) is 0 Å². The van der Waals surface area contributed by atoms with Crippen LogP contribution in [0.15, 0.2) is 48.6 Å². The van der Waals surface area contributed by atoms with Crippen molar-refractivity contribution in [3.05, 3.63) is 71.1 Å². The summed E-state index contributed by atoms with van der Waals surface area (Å²) in [7, 11) is 0. The van der Waals surface area contributed by atoms with Crippen LogP contribution in [0.1, 0.15) is 27.3 Å². The Morgan fingerprint density at radius 1 is 1.35 bits per heavy atom. The van der Waals surface area contributed by atoms with Crippen LogP contribution in [0.2, 0.25) is 0 Å². The molecule has 23 heavy (non-hydrogen) atoms. The number of hydrogen-bond acceptors (Lipinski definition) is 3. The smallest absolute Gasteiger partial charge is 0.205 e. The lowest BCUT2D eigenvalue weighted by Gasteiger charge is -2.06. The molecule has 0 radical (unpaired) electrons. The summed E-state index contributed by atoms with van der Waals surface area (Å²) >= 11 is 0. The molecule has 1 heterocycles. The Kier molecular flexibility index (Phi) is 4.82. The van der Waals surface area contributed by atoms with Gasteiger partial charge in [0.15, 0.2) is 0 Å². The molecule has 1 aromatic carbocycles. The number of allylic oxidation sites excluding steroid dienone is 2. The van der Waals surface area contributed by atoms with E-state index in [0.29, 0.717) is 17.7 Å². The zero-order chi connectivity index (χ0) is 17.0. The Labute approximate surface area is 135 Å². The first-order chi connectivity index (χ1) is 11.0. The first-order valence-electron chi connectivity index (χ1n) is 7.21. The number of phenolic OH excluding ortho intramolecular Hbond substituents is 1. The van der Waals surface area contributed by atoms with Gasteiger partial charge in [0.05, 0.1) is 0 Å². The summed E-state index contributed by atoms with van der Waals surface area (Å²) in [6.07, 6.45) is 3.30. The van der Waals surface area contributed by atoms with E-state index in [4.69, 9.17) is 0 Å². The van der Waals surface area contributed by atoms with Crippen LogP contribution in [-0.4, -0.2) is 15.5 Å². The number of benzene rings is 1. The number of Topliss-reactive ketones (excluding diaryl/α,β-unsaturated/α-hetero) is 1. The van der Waals surface area contributed by atoms with E-state index in [1.807, 2.05) is 24.5 Å². The van der Waals surface area contributed by atoms with E-state index in [-0.39, 0.29) is 17.1 Å². The molecule has 2 rings (SSSR count). The number of carbonyl (C=O) groups excluding carboxylic acids is 1. The summed E-state index contributed by atoms with van der Waals surface area (Å²) < 4.78 is 1.98. The average molecular weight is 306 g/mol. The van der Waals surface area contributed by atoms with Crippen molar-refractivity contribution < 1.29 is 9.90 Å². The van der Waals surface area contributed by atoms with E-state index < -0.39 is 0 Å². The third-order valence-electron chi connectivity index (χ3n) is 3.70. The number of ketones is 1. The normalized spacial score (nSPS) is 11.1. The lowest BCUT2D eigenvalue weighted by molar-refractivity contribution is 0.103. The molecule has 0 aliphatic rings. The van der Waals surface area contributed by atoms with Gasteiger partial charge in [-0.15, -0.1) is 6.58 Å². The summed E-state index contributed by atoms with van der Waals surface area (Å²) in [4.78, 5) is 12.7. The molecule has 0 aliphatic heterocycles. The summed E-state index contributed by atoms with van der Waals surface area (Å²) in [5.74, 6) is -0.163. The van der Waals surface area contributed by atoms with Gasteiger partial charge in [0.2, 0.25) is 5.78 Å². The van der Waals surface area contributed by atoms with E-state index in [1.165, 1.54) is 18.2 Å². The van der Waals surface area contributed by atoms with E-state index in [9.17, 15) is 15.2 Å². The topological polar surface area (TPSA) is 66.0 Å². The van der Waals surface area contributed by atoms with Crippen molar-refractivity contribution >= 4 is 11.9 Å². The Morgan fingerprint density at radius 2 is 2.00 bits per heavy atom. The molecule has 0 saturated carbocycles. The van der Waals surface area contributed by atoms with Gasteiger partial charge in [-0.1, -0.05) is 18.2 Å². The fourth-order valence-corrected chi connectivity index (χ4v) is 2.47. The van der Waals surface area contributed by atoms with Crippen LogP contribution < -0.4 is 0 Å². The van der Waals surface area contributed by atoms with Crippen LogP contribution >= 0.6 is 0 Å². The molecule has 0 atom stereocenters. The molecule has 4 nitrogen and oxygen atoms in total. The van der Waals surface area contributed by atoms with Crippen LogP contribution in [0.4, 0.5) is 0 Å². The molecule has 116 valence electrons. The predicted molar refractivity (Wildman–Crippen MR) is 90.1 cm³/mol. The van der Waals surface area contributed by atoms with Crippen LogP contribution in [0.25, 0.3) is 6.08 Å². The first-order valence-corrected chi connectivity index (χ1v) is 7.21. The highest BCUT2D eigenvalue weighted by Crippen LogP contribution is 2.20. The van der Waals surface area contributed by atoms with Gasteiger partial charge < -0.3 is 9.67 Å². The molecular formula is C19H18N2O2. The van der Waals surface area contributed by atoms with Gasteiger partial charge in [-0.05, 0) is 43.7 Å². The summed E-state index contributed by atoms with van der Waals surface area (Å²) in [5, 5.41) is 18.6. The van der Waals surface area contributed by atoms with Crippen molar-refractivity contribution in [2.24, 2.45) is 0 Å². The number of carbonyl (C=O) groups is 1. The second kappa shape index (κ2) is 6.80. The number of aryl methyl sites for hydroxylation is 1. The van der Waals surface area contributed by atoms with Gasteiger partial charge in [-0.2, -0.15) is 5.26 Å². The van der Waals surface area contributed by atoms with Crippen LogP contribution in [0.3, 0.4) is 0 Å². The maximum atomic E-state index is 12.7. The Balaban J connectivity index is 2.41. The lowest BCUT2D eigenvalue weighted by Crippen LogP contribution is -2.05. The molecule has 0 saturated heterocycles. The molecule has 0 bridgehead atoms. The van der Waals surface area contributed by atoms with E-state index in [0.717, 1.165) is 11.4 Å². The van der Waals surface area contributed by atoms with Gasteiger partial charge in [-0.25, -0.2) is 0 Å². The van der Waals surface area contributed by atoms with Crippen LogP contribution in [0, 0.1) is 25.2 Å². The fourth-order valence-electron chi connectivity index (χ4n) is 2.47. The zero-order valence-corrected chi connectivity index (χ0v) is 13.2. The SMILES string of the molecule is C=CCn1c(C)cc(C(=O)/C(C#N)=C\c2ccc(O)cc2)c1C. The Hall–Kier alpha value is -3.06. The fraction of sp³-hybridized carbons (Fsp3) is 0.158. The number of aromatic hydroxyl groups is 1. The van der Waals surface area contributed by atoms with Gasteiger partial charge in [0.25, 0.3) is 0 Å². The minimum Gasteiger partial charge on any atom is -0.508 e. The van der Waals surface area contributed by atoms with Gasteiger partial charge in [0.1, 0.15) is 17.4 Å². The molecule has 0 aliphatic carbocycles. The van der Waals surface area contributed by atoms with Gasteiger partial charge in [-0.3, -0.25) is 4.79 Å². The first kappa shape index (κ1) is 16.3. The van der Waals surface area contributed by atoms with E-state index >= 15 is 0 Å². The number of rotatable bonds is 5. The van der Waals surface area contributed by atoms with Crippen molar-refractivity contribution in [2.45, 2.75) is 20.4 Å². The lowest BCUT2D eigenvalue weighted by atomic mass is 10.0. The average Bonchev–Trinajstić information content (AvgIpc) is 2.82. The maximum Gasteiger partial charge on any atom is 0.205 e. The molecule has 1 aromatic heterocycles. The van der Waals surface area contributed by atoms with Crippen LogP contribution in [-0.2, 0) is 6.54 Å². The molecule has 2 aromatic rings. The highest BCUT2D eigenvalue weighted by Gasteiger charge is 2.18. The largest absolute Gasteiger partial charge is 0.508 e. The third kappa shape index (κ3) is 3.41. The molecular weight excluding hydrogens is 288 g/mol. The summed E-state index contributed by atoms with van der Waals surface area (Å²) in [5.41, 5.74) is 3.05. The molecule has 1 N–H and O–H groups in total. The van der Waals surface area contributed by atoms with Crippen molar-refractivity contribution in [1.29, 1.82) is 5.26 Å². The Morgan fingerprint density at radius 3 is 2.57 bits per heavy atom. The highest BCUT2D eigenvalue weighted by molar-refractivity contribution is 6.14. The minimum atomic E-state index is -0.302. The second-order valence-corrected chi connectivity index (χ2v) is 5.27. The minimum absolute atomic E-state index is 0.0644. The Bertz CT molecular complexity index is 818. The van der Waals surface area contributed by atoms with Crippen molar-refractivity contribution in [3.8, 4) is 11.8 Å². The zero-order valence-electron chi connectivity index (χ0n) is 13.2. The number of aromatic nitrogens is 1. The van der Waals surface area contributed by atoms with E-state index in [1.54, 1.807) is 24.3 Å². The molecule has 4 heteroatoms. The number of nitrogens with zero attached hydrogens (tertiary/aromatic N) is 2. The number of hydrogen-bond donors (Lipinski definition) is 1.